The number of amides is 1. The van der Waals surface area contributed by atoms with Crippen molar-refractivity contribution in [3.63, 3.8) is 0 Å². The number of hydrogen-bond donors (Lipinski definition) is 2. The number of carbonyl (C=O) groups excluding carboxylic acids is 1. The van der Waals surface area contributed by atoms with E-state index in [0.29, 0.717) is 19.0 Å². The van der Waals surface area contributed by atoms with Crippen LogP contribution in [0.2, 0.25) is 0 Å². The van der Waals surface area contributed by atoms with Crippen LogP contribution in [0.3, 0.4) is 0 Å². The first-order valence-corrected chi connectivity index (χ1v) is 5.82. The van der Waals surface area contributed by atoms with Crippen LogP contribution in [0.1, 0.15) is 19.3 Å². The largest absolute Gasteiger partial charge is 0.352 e. The molecule has 0 saturated carbocycles. The zero-order chi connectivity index (χ0) is 11.2. The van der Waals surface area contributed by atoms with E-state index in [9.17, 15) is 4.79 Å². The molecule has 1 aromatic heterocycles. The highest BCUT2D eigenvalue weighted by molar-refractivity contribution is 5.76. The number of hydrogen-bond acceptors (Lipinski definition) is 3. The van der Waals surface area contributed by atoms with Crippen LogP contribution in [0, 0.1) is 0 Å². The van der Waals surface area contributed by atoms with E-state index in [1.807, 2.05) is 12.3 Å². The summed E-state index contributed by atoms with van der Waals surface area (Å²) in [5.41, 5.74) is 0. The maximum atomic E-state index is 11.6. The van der Waals surface area contributed by atoms with Gasteiger partial charge in [0.25, 0.3) is 0 Å². The summed E-state index contributed by atoms with van der Waals surface area (Å²) in [5.74, 6) is 0.115. The molecule has 1 fully saturated rings. The fourth-order valence-electron chi connectivity index (χ4n) is 1.92. The summed E-state index contributed by atoms with van der Waals surface area (Å²) in [6.07, 6.45) is 6.32. The number of carbonyl (C=O) groups is 1. The van der Waals surface area contributed by atoms with Gasteiger partial charge < -0.3 is 10.6 Å². The first kappa shape index (κ1) is 11.1. The van der Waals surface area contributed by atoms with Crippen molar-refractivity contribution in [3.05, 3.63) is 18.5 Å². The first-order valence-electron chi connectivity index (χ1n) is 5.82. The molecule has 0 aromatic carbocycles. The van der Waals surface area contributed by atoms with Crippen molar-refractivity contribution in [1.82, 2.24) is 20.4 Å². The zero-order valence-corrected chi connectivity index (χ0v) is 9.35. The quantitative estimate of drug-likeness (QED) is 0.762. The van der Waals surface area contributed by atoms with Gasteiger partial charge in [-0.15, -0.1) is 0 Å². The topological polar surface area (TPSA) is 59.0 Å². The Kier molecular flexibility index (Phi) is 3.93. The molecule has 1 saturated heterocycles. The lowest BCUT2D eigenvalue weighted by Crippen LogP contribution is -2.45. The second kappa shape index (κ2) is 5.65. The molecule has 2 heterocycles. The molecule has 5 heteroatoms. The van der Waals surface area contributed by atoms with Gasteiger partial charge in [-0.05, 0) is 25.5 Å². The highest BCUT2D eigenvalue weighted by Crippen LogP contribution is 2.01. The first-order chi connectivity index (χ1) is 7.84. The van der Waals surface area contributed by atoms with E-state index in [2.05, 4.69) is 15.7 Å². The molecule has 1 aliphatic heterocycles. The number of aromatic nitrogens is 2. The van der Waals surface area contributed by atoms with Crippen LogP contribution in [0.15, 0.2) is 18.5 Å². The van der Waals surface area contributed by atoms with Crippen molar-refractivity contribution in [2.75, 3.05) is 13.1 Å². The minimum absolute atomic E-state index is 0.115. The summed E-state index contributed by atoms with van der Waals surface area (Å²) in [7, 11) is 0. The standard InChI is InChI=1S/C11H18N4O/c16-11(4-8-15-7-2-6-13-15)14-10-3-1-5-12-9-10/h2,6-7,10,12H,1,3-5,8-9H2,(H,14,16). The maximum Gasteiger partial charge on any atom is 0.222 e. The van der Waals surface area contributed by atoms with Gasteiger partial charge in [0.2, 0.25) is 5.91 Å². The lowest BCUT2D eigenvalue weighted by molar-refractivity contribution is -0.122. The Morgan fingerprint density at radius 2 is 2.56 bits per heavy atom. The average molecular weight is 222 g/mol. The second-order valence-electron chi connectivity index (χ2n) is 4.13. The molecule has 2 rings (SSSR count). The molecule has 1 amide bonds. The predicted octanol–water partition coefficient (Wildman–Crippen LogP) is 0.141. The van der Waals surface area contributed by atoms with Crippen molar-refractivity contribution in [2.24, 2.45) is 0 Å². The molecular weight excluding hydrogens is 204 g/mol. The van der Waals surface area contributed by atoms with Gasteiger partial charge in [0.15, 0.2) is 0 Å². The van der Waals surface area contributed by atoms with Crippen molar-refractivity contribution < 1.29 is 4.79 Å². The molecule has 5 nitrogen and oxygen atoms in total. The van der Waals surface area contributed by atoms with E-state index in [0.717, 1.165) is 25.9 Å². The van der Waals surface area contributed by atoms with E-state index in [1.54, 1.807) is 10.9 Å². The molecule has 0 aliphatic carbocycles. The van der Waals surface area contributed by atoms with Gasteiger partial charge in [-0.3, -0.25) is 9.48 Å². The van der Waals surface area contributed by atoms with Gasteiger partial charge in [-0.25, -0.2) is 0 Å². The summed E-state index contributed by atoms with van der Waals surface area (Å²) in [4.78, 5) is 11.6. The Bertz CT molecular complexity index is 317. The van der Waals surface area contributed by atoms with Gasteiger partial charge >= 0.3 is 0 Å². The van der Waals surface area contributed by atoms with Gasteiger partial charge in [0.1, 0.15) is 0 Å². The number of nitrogens with zero attached hydrogens (tertiary/aromatic N) is 2. The van der Waals surface area contributed by atoms with Gasteiger partial charge in [0, 0.05) is 37.9 Å². The molecule has 1 aliphatic rings. The van der Waals surface area contributed by atoms with Crippen LogP contribution >= 0.6 is 0 Å². The summed E-state index contributed by atoms with van der Waals surface area (Å²) in [6, 6.07) is 2.17. The predicted molar refractivity (Wildman–Crippen MR) is 60.9 cm³/mol. The number of aryl methyl sites for hydroxylation is 1. The lowest BCUT2D eigenvalue weighted by atomic mass is 10.1. The second-order valence-corrected chi connectivity index (χ2v) is 4.13. The van der Waals surface area contributed by atoms with Crippen molar-refractivity contribution in [3.8, 4) is 0 Å². The van der Waals surface area contributed by atoms with Crippen LogP contribution < -0.4 is 10.6 Å². The number of piperidine rings is 1. The fourth-order valence-corrected chi connectivity index (χ4v) is 1.92. The highest BCUT2D eigenvalue weighted by Gasteiger charge is 2.14. The molecular formula is C11H18N4O. The Balaban J connectivity index is 1.67. The maximum absolute atomic E-state index is 11.6. The zero-order valence-electron chi connectivity index (χ0n) is 9.35. The molecule has 1 atom stereocenters. The SMILES string of the molecule is O=C(CCn1cccn1)NC1CCCNC1. The summed E-state index contributed by atoms with van der Waals surface area (Å²) in [6.45, 7) is 2.62. The molecule has 2 N–H and O–H groups in total. The highest BCUT2D eigenvalue weighted by atomic mass is 16.1. The molecule has 16 heavy (non-hydrogen) atoms. The third-order valence-electron chi connectivity index (χ3n) is 2.79. The third-order valence-corrected chi connectivity index (χ3v) is 2.79. The van der Waals surface area contributed by atoms with Crippen LogP contribution in [0.25, 0.3) is 0 Å². The molecule has 88 valence electrons. The number of nitrogens with one attached hydrogen (secondary N) is 2. The van der Waals surface area contributed by atoms with Crippen LogP contribution in [0.5, 0.6) is 0 Å². The summed E-state index contributed by atoms with van der Waals surface area (Å²) < 4.78 is 1.78. The van der Waals surface area contributed by atoms with Crippen LogP contribution in [0.4, 0.5) is 0 Å². The normalized spacial score (nSPS) is 20.6. The van der Waals surface area contributed by atoms with E-state index >= 15 is 0 Å². The fraction of sp³-hybridized carbons (Fsp3) is 0.636. The smallest absolute Gasteiger partial charge is 0.222 e. The van der Waals surface area contributed by atoms with Crippen molar-refractivity contribution >= 4 is 5.91 Å². The molecule has 1 aromatic rings. The monoisotopic (exact) mass is 222 g/mol. The number of rotatable bonds is 4. The minimum Gasteiger partial charge on any atom is -0.352 e. The van der Waals surface area contributed by atoms with Crippen molar-refractivity contribution in [1.29, 1.82) is 0 Å². The Labute approximate surface area is 95.2 Å². The Morgan fingerprint density at radius 1 is 1.62 bits per heavy atom. The van der Waals surface area contributed by atoms with Gasteiger partial charge in [-0.1, -0.05) is 0 Å². The Morgan fingerprint density at radius 3 is 3.25 bits per heavy atom. The minimum atomic E-state index is 0.115. The van der Waals surface area contributed by atoms with Gasteiger partial charge in [0.05, 0.1) is 0 Å². The van der Waals surface area contributed by atoms with Crippen LogP contribution in [-0.2, 0) is 11.3 Å². The third kappa shape index (κ3) is 3.34. The summed E-state index contributed by atoms with van der Waals surface area (Å²) >= 11 is 0. The van der Waals surface area contributed by atoms with Gasteiger partial charge in [-0.2, -0.15) is 5.10 Å². The average Bonchev–Trinajstić information content (AvgIpc) is 2.81. The Hall–Kier alpha value is -1.36. The van der Waals surface area contributed by atoms with Crippen LogP contribution in [-0.4, -0.2) is 34.8 Å². The van der Waals surface area contributed by atoms with E-state index in [-0.39, 0.29) is 5.91 Å². The van der Waals surface area contributed by atoms with E-state index < -0.39 is 0 Å². The van der Waals surface area contributed by atoms with E-state index in [1.165, 1.54) is 0 Å². The van der Waals surface area contributed by atoms with Crippen molar-refractivity contribution in [2.45, 2.75) is 31.8 Å². The molecule has 0 spiro atoms. The molecule has 0 radical (unpaired) electrons. The molecule has 0 bridgehead atoms. The lowest BCUT2D eigenvalue weighted by Gasteiger charge is -2.23. The molecule has 1 unspecified atom stereocenters. The summed E-state index contributed by atoms with van der Waals surface area (Å²) in [5, 5.41) is 10.4. The van der Waals surface area contributed by atoms with E-state index in [4.69, 9.17) is 0 Å².